The Kier molecular flexibility index (Phi) is 2.36. The average molecular weight is 262 g/mol. The van der Waals surface area contributed by atoms with Gasteiger partial charge in [0, 0.05) is 29.5 Å². The first-order valence-electron chi connectivity index (χ1n) is 6.62. The van der Waals surface area contributed by atoms with Gasteiger partial charge in [-0.2, -0.15) is 5.10 Å². The van der Waals surface area contributed by atoms with Crippen molar-refractivity contribution < 1.29 is 0 Å². The van der Waals surface area contributed by atoms with Crippen LogP contribution in [0.2, 0.25) is 0 Å². The lowest BCUT2D eigenvalue weighted by atomic mass is 9.91. The van der Waals surface area contributed by atoms with Gasteiger partial charge in [-0.25, -0.2) is 9.67 Å². The highest BCUT2D eigenvalue weighted by atomic mass is 15.3. The van der Waals surface area contributed by atoms with Gasteiger partial charge >= 0.3 is 0 Å². The van der Waals surface area contributed by atoms with Crippen LogP contribution in [-0.4, -0.2) is 21.8 Å². The Morgan fingerprint density at radius 1 is 0.900 bits per heavy atom. The van der Waals surface area contributed by atoms with Crippen LogP contribution in [0.15, 0.2) is 61.2 Å². The van der Waals surface area contributed by atoms with Crippen LogP contribution in [0.3, 0.4) is 0 Å². The quantitative estimate of drug-likeness (QED) is 0.676. The molecule has 1 aliphatic rings. The zero-order valence-electron chi connectivity index (χ0n) is 11.1. The van der Waals surface area contributed by atoms with E-state index in [0.29, 0.717) is 0 Å². The Morgan fingerprint density at radius 3 is 2.05 bits per heavy atom. The van der Waals surface area contributed by atoms with Gasteiger partial charge in [-0.1, -0.05) is 36.4 Å². The highest BCUT2D eigenvalue weighted by molar-refractivity contribution is 5.75. The molecular weight excluding hydrogens is 248 g/mol. The van der Waals surface area contributed by atoms with E-state index in [0.717, 1.165) is 0 Å². The maximum Gasteiger partial charge on any atom is 0.137 e. The number of fused-ring (bicyclic) bond motifs is 2. The molecule has 0 N–H and O–H groups in total. The van der Waals surface area contributed by atoms with Gasteiger partial charge in [0.25, 0.3) is 0 Å². The van der Waals surface area contributed by atoms with Crippen LogP contribution < -0.4 is 4.90 Å². The number of aromatic nitrogens is 3. The molecule has 20 heavy (non-hydrogen) atoms. The van der Waals surface area contributed by atoms with Crippen molar-refractivity contribution in [2.24, 2.45) is 0 Å². The molecule has 0 radical (unpaired) electrons. The van der Waals surface area contributed by atoms with Crippen molar-refractivity contribution in [3.8, 4) is 0 Å². The van der Waals surface area contributed by atoms with Crippen molar-refractivity contribution >= 4 is 11.4 Å². The van der Waals surface area contributed by atoms with Crippen molar-refractivity contribution in [3.05, 3.63) is 72.3 Å². The number of nitrogens with zero attached hydrogens (tertiary/aromatic N) is 4. The second-order valence-corrected chi connectivity index (χ2v) is 4.95. The molecule has 0 saturated carbocycles. The van der Waals surface area contributed by atoms with Crippen LogP contribution in [-0.2, 0) is 0 Å². The molecule has 4 nitrogen and oxygen atoms in total. The predicted molar refractivity (Wildman–Crippen MR) is 78.2 cm³/mol. The number of para-hydroxylation sites is 2. The van der Waals surface area contributed by atoms with Gasteiger partial charge in [0.15, 0.2) is 0 Å². The number of rotatable bonds is 1. The third-order valence-corrected chi connectivity index (χ3v) is 3.89. The molecule has 1 aliphatic heterocycles. The molecule has 2 heterocycles. The number of hydrogen-bond donors (Lipinski definition) is 0. The van der Waals surface area contributed by atoms with Crippen molar-refractivity contribution in [1.82, 2.24) is 14.8 Å². The van der Waals surface area contributed by atoms with Crippen molar-refractivity contribution in [3.63, 3.8) is 0 Å². The van der Waals surface area contributed by atoms with E-state index in [1.54, 1.807) is 12.7 Å². The fraction of sp³-hybridized carbons (Fsp3) is 0.125. The molecule has 0 aliphatic carbocycles. The first-order valence-corrected chi connectivity index (χ1v) is 6.62. The lowest BCUT2D eigenvalue weighted by Gasteiger charge is -2.35. The Bertz CT molecular complexity index is 701. The Morgan fingerprint density at radius 2 is 1.50 bits per heavy atom. The standard InChI is InChI=1S/C16H14N4/c1-19-14-8-4-2-6-12(14)16(20-11-17-10-18-20)13-7-3-5-9-15(13)19/h2-11,16H,1H3. The minimum Gasteiger partial charge on any atom is -0.344 e. The van der Waals surface area contributed by atoms with Crippen LogP contribution in [0.5, 0.6) is 0 Å². The van der Waals surface area contributed by atoms with E-state index in [4.69, 9.17) is 0 Å². The molecule has 3 aromatic rings. The summed E-state index contributed by atoms with van der Waals surface area (Å²) in [6, 6.07) is 17.0. The number of benzene rings is 2. The summed E-state index contributed by atoms with van der Waals surface area (Å²) in [5.41, 5.74) is 4.93. The molecule has 4 rings (SSSR count). The summed E-state index contributed by atoms with van der Waals surface area (Å²) in [6.45, 7) is 0. The fourth-order valence-electron chi connectivity index (χ4n) is 2.98. The monoisotopic (exact) mass is 262 g/mol. The summed E-state index contributed by atoms with van der Waals surface area (Å²) in [4.78, 5) is 6.33. The molecular formula is C16H14N4. The van der Waals surface area contributed by atoms with E-state index < -0.39 is 0 Å². The predicted octanol–water partition coefficient (Wildman–Crippen LogP) is 3.00. The maximum absolute atomic E-state index is 4.35. The smallest absolute Gasteiger partial charge is 0.137 e. The minimum atomic E-state index is 0.0844. The first kappa shape index (κ1) is 11.2. The highest BCUT2D eigenvalue weighted by Gasteiger charge is 2.29. The molecule has 4 heteroatoms. The lowest BCUT2D eigenvalue weighted by molar-refractivity contribution is 0.588. The third-order valence-electron chi connectivity index (χ3n) is 3.89. The van der Waals surface area contributed by atoms with Gasteiger partial charge in [-0.15, -0.1) is 0 Å². The van der Waals surface area contributed by atoms with E-state index in [1.165, 1.54) is 22.5 Å². The Balaban J connectivity index is 2.02. The van der Waals surface area contributed by atoms with Crippen molar-refractivity contribution in [2.75, 3.05) is 11.9 Å². The first-order chi connectivity index (χ1) is 9.86. The summed E-state index contributed by atoms with van der Waals surface area (Å²) in [6.07, 6.45) is 3.37. The molecule has 0 bridgehead atoms. The maximum atomic E-state index is 4.35. The molecule has 98 valence electrons. The highest BCUT2D eigenvalue weighted by Crippen LogP contribution is 2.44. The minimum absolute atomic E-state index is 0.0844. The zero-order chi connectivity index (χ0) is 13.5. The normalized spacial score (nSPS) is 13.9. The summed E-state index contributed by atoms with van der Waals surface area (Å²) < 4.78 is 1.92. The van der Waals surface area contributed by atoms with E-state index in [1.807, 2.05) is 4.68 Å². The van der Waals surface area contributed by atoms with Gasteiger partial charge in [-0.3, -0.25) is 0 Å². The van der Waals surface area contributed by atoms with Crippen LogP contribution in [0.25, 0.3) is 0 Å². The Labute approximate surface area is 117 Å². The van der Waals surface area contributed by atoms with Crippen LogP contribution in [0, 0.1) is 0 Å². The van der Waals surface area contributed by atoms with Crippen molar-refractivity contribution in [1.29, 1.82) is 0 Å². The second kappa shape index (κ2) is 4.20. The van der Waals surface area contributed by atoms with Gasteiger partial charge in [0.05, 0.1) is 0 Å². The molecule has 0 unspecified atom stereocenters. The van der Waals surface area contributed by atoms with Crippen LogP contribution in [0.4, 0.5) is 11.4 Å². The average Bonchev–Trinajstić information content (AvgIpc) is 3.02. The van der Waals surface area contributed by atoms with E-state index in [9.17, 15) is 0 Å². The van der Waals surface area contributed by atoms with Gasteiger partial charge in [0.1, 0.15) is 18.7 Å². The number of hydrogen-bond acceptors (Lipinski definition) is 3. The van der Waals surface area contributed by atoms with Gasteiger partial charge < -0.3 is 4.90 Å². The largest absolute Gasteiger partial charge is 0.344 e. The second-order valence-electron chi connectivity index (χ2n) is 4.95. The summed E-state index contributed by atoms with van der Waals surface area (Å²) in [5, 5.41) is 4.35. The molecule has 2 aromatic carbocycles. The van der Waals surface area contributed by atoms with E-state index in [2.05, 4.69) is 70.6 Å². The molecule has 0 spiro atoms. The molecule has 0 fully saturated rings. The fourth-order valence-corrected chi connectivity index (χ4v) is 2.98. The van der Waals surface area contributed by atoms with E-state index in [-0.39, 0.29) is 6.04 Å². The molecule has 0 saturated heterocycles. The van der Waals surface area contributed by atoms with Crippen LogP contribution in [0.1, 0.15) is 17.2 Å². The molecule has 1 aromatic heterocycles. The van der Waals surface area contributed by atoms with Gasteiger partial charge in [-0.05, 0) is 12.1 Å². The third kappa shape index (κ3) is 1.48. The topological polar surface area (TPSA) is 34.0 Å². The summed E-state index contributed by atoms with van der Waals surface area (Å²) in [5.74, 6) is 0. The SMILES string of the molecule is CN1c2ccccc2C(n2cncn2)c2ccccc21. The Hall–Kier alpha value is -2.62. The molecule has 0 atom stereocenters. The zero-order valence-corrected chi connectivity index (χ0v) is 11.1. The van der Waals surface area contributed by atoms with Crippen molar-refractivity contribution in [2.45, 2.75) is 6.04 Å². The van der Waals surface area contributed by atoms with E-state index >= 15 is 0 Å². The summed E-state index contributed by atoms with van der Waals surface area (Å²) in [7, 11) is 2.11. The lowest BCUT2D eigenvalue weighted by Crippen LogP contribution is -2.25. The van der Waals surface area contributed by atoms with Crippen LogP contribution >= 0.6 is 0 Å². The molecule has 0 amide bonds. The summed E-state index contributed by atoms with van der Waals surface area (Å²) >= 11 is 0. The number of anilines is 2. The van der Waals surface area contributed by atoms with Gasteiger partial charge in [0.2, 0.25) is 0 Å².